The average Bonchev–Trinajstić information content (AvgIpc) is 2.41. The number of anilines is 1. The molecule has 0 spiro atoms. The second-order valence-electron chi connectivity index (χ2n) is 5.11. The lowest BCUT2D eigenvalue weighted by atomic mass is 9.79. The zero-order chi connectivity index (χ0) is 13.0. The molecule has 1 aromatic heterocycles. The molecule has 0 saturated heterocycles. The minimum Gasteiger partial charge on any atom is -0.365 e. The van der Waals surface area contributed by atoms with Gasteiger partial charge in [0, 0.05) is 26.0 Å². The summed E-state index contributed by atoms with van der Waals surface area (Å²) in [6.07, 6.45) is 8.26. The SMILES string of the molecule is Cn1ccnc(NCC2CCCCC2CN)c1=O. The highest BCUT2D eigenvalue weighted by Gasteiger charge is 2.23. The molecule has 1 aliphatic carbocycles. The Bertz CT molecular complexity index is 443. The molecule has 1 aromatic rings. The maximum absolute atomic E-state index is 11.8. The van der Waals surface area contributed by atoms with Crippen LogP contribution in [0.4, 0.5) is 5.82 Å². The van der Waals surface area contributed by atoms with Gasteiger partial charge in [0.05, 0.1) is 0 Å². The van der Waals surface area contributed by atoms with Gasteiger partial charge in [-0.15, -0.1) is 0 Å². The summed E-state index contributed by atoms with van der Waals surface area (Å²) < 4.78 is 1.54. The van der Waals surface area contributed by atoms with E-state index in [0.29, 0.717) is 17.7 Å². The van der Waals surface area contributed by atoms with Gasteiger partial charge in [0.1, 0.15) is 0 Å². The van der Waals surface area contributed by atoms with Gasteiger partial charge in [0.15, 0.2) is 5.82 Å². The van der Waals surface area contributed by atoms with Crippen LogP contribution in [-0.2, 0) is 7.05 Å². The van der Waals surface area contributed by atoms with Gasteiger partial charge in [0.25, 0.3) is 5.56 Å². The maximum Gasteiger partial charge on any atom is 0.293 e. The summed E-state index contributed by atoms with van der Waals surface area (Å²) >= 11 is 0. The van der Waals surface area contributed by atoms with Crippen molar-refractivity contribution in [3.05, 3.63) is 22.7 Å². The number of aromatic nitrogens is 2. The standard InChI is InChI=1S/C13H22N4O/c1-17-7-6-15-12(13(17)18)16-9-11-5-3-2-4-10(11)8-14/h6-7,10-11H,2-5,8-9,14H2,1H3,(H,15,16). The van der Waals surface area contributed by atoms with E-state index >= 15 is 0 Å². The van der Waals surface area contributed by atoms with E-state index in [0.717, 1.165) is 13.1 Å². The van der Waals surface area contributed by atoms with Crippen LogP contribution in [0.1, 0.15) is 25.7 Å². The predicted molar refractivity (Wildman–Crippen MR) is 72.5 cm³/mol. The molecular weight excluding hydrogens is 228 g/mol. The van der Waals surface area contributed by atoms with Crippen LogP contribution in [0.5, 0.6) is 0 Å². The minimum atomic E-state index is -0.0717. The van der Waals surface area contributed by atoms with E-state index in [-0.39, 0.29) is 5.56 Å². The van der Waals surface area contributed by atoms with Crippen LogP contribution < -0.4 is 16.6 Å². The molecule has 1 saturated carbocycles. The number of hydrogen-bond donors (Lipinski definition) is 2. The van der Waals surface area contributed by atoms with E-state index < -0.39 is 0 Å². The third-order valence-electron chi connectivity index (χ3n) is 3.92. The molecule has 18 heavy (non-hydrogen) atoms. The normalized spacial score (nSPS) is 23.9. The summed E-state index contributed by atoms with van der Waals surface area (Å²) in [5.41, 5.74) is 5.74. The maximum atomic E-state index is 11.8. The molecule has 3 N–H and O–H groups in total. The van der Waals surface area contributed by atoms with Crippen molar-refractivity contribution in [3.63, 3.8) is 0 Å². The number of aryl methyl sites for hydroxylation is 1. The molecule has 0 amide bonds. The van der Waals surface area contributed by atoms with Gasteiger partial charge < -0.3 is 15.6 Å². The Hall–Kier alpha value is -1.36. The summed E-state index contributed by atoms with van der Waals surface area (Å²) in [6, 6.07) is 0. The highest BCUT2D eigenvalue weighted by molar-refractivity contribution is 5.30. The summed E-state index contributed by atoms with van der Waals surface area (Å²) in [5.74, 6) is 1.59. The second-order valence-corrected chi connectivity index (χ2v) is 5.11. The first-order chi connectivity index (χ1) is 8.72. The fourth-order valence-electron chi connectivity index (χ4n) is 2.71. The van der Waals surface area contributed by atoms with E-state index in [1.54, 1.807) is 19.4 Å². The molecule has 0 aromatic carbocycles. The molecule has 2 atom stereocenters. The van der Waals surface area contributed by atoms with Crippen molar-refractivity contribution in [2.45, 2.75) is 25.7 Å². The zero-order valence-corrected chi connectivity index (χ0v) is 10.9. The lowest BCUT2D eigenvalue weighted by molar-refractivity contribution is 0.255. The first-order valence-electron chi connectivity index (χ1n) is 6.68. The first kappa shape index (κ1) is 13.1. The zero-order valence-electron chi connectivity index (χ0n) is 10.9. The van der Waals surface area contributed by atoms with Crippen molar-refractivity contribution in [1.82, 2.24) is 9.55 Å². The van der Waals surface area contributed by atoms with Crippen LogP contribution in [0.3, 0.4) is 0 Å². The number of nitrogens with zero attached hydrogens (tertiary/aromatic N) is 2. The van der Waals surface area contributed by atoms with E-state index in [9.17, 15) is 4.79 Å². The second kappa shape index (κ2) is 6.00. The van der Waals surface area contributed by atoms with E-state index in [1.165, 1.54) is 30.3 Å². The Morgan fingerprint density at radius 1 is 1.44 bits per heavy atom. The highest BCUT2D eigenvalue weighted by atomic mass is 16.1. The number of nitrogens with two attached hydrogens (primary N) is 1. The van der Waals surface area contributed by atoms with Crippen LogP contribution in [0, 0.1) is 11.8 Å². The fraction of sp³-hybridized carbons (Fsp3) is 0.692. The van der Waals surface area contributed by atoms with Crippen molar-refractivity contribution in [3.8, 4) is 0 Å². The molecule has 1 fully saturated rings. The number of hydrogen-bond acceptors (Lipinski definition) is 4. The van der Waals surface area contributed by atoms with E-state index in [1.807, 2.05) is 0 Å². The first-order valence-corrected chi connectivity index (χ1v) is 6.68. The molecule has 1 heterocycles. The molecular formula is C13H22N4O. The Morgan fingerprint density at radius 2 is 2.17 bits per heavy atom. The summed E-state index contributed by atoms with van der Waals surface area (Å²) in [7, 11) is 1.73. The minimum absolute atomic E-state index is 0.0717. The van der Waals surface area contributed by atoms with Gasteiger partial charge in [-0.25, -0.2) is 4.98 Å². The Kier molecular flexibility index (Phi) is 4.36. The Balaban J connectivity index is 1.98. The summed E-state index contributed by atoms with van der Waals surface area (Å²) in [4.78, 5) is 15.9. The van der Waals surface area contributed by atoms with Gasteiger partial charge in [-0.3, -0.25) is 4.79 Å². The number of rotatable bonds is 4. The van der Waals surface area contributed by atoms with Crippen LogP contribution in [0.25, 0.3) is 0 Å². The van der Waals surface area contributed by atoms with Crippen LogP contribution in [-0.4, -0.2) is 22.6 Å². The molecule has 5 heteroatoms. The van der Waals surface area contributed by atoms with Crippen LogP contribution >= 0.6 is 0 Å². The van der Waals surface area contributed by atoms with Gasteiger partial charge in [-0.05, 0) is 31.2 Å². The Labute approximate surface area is 107 Å². The van der Waals surface area contributed by atoms with Gasteiger partial charge >= 0.3 is 0 Å². The van der Waals surface area contributed by atoms with Crippen molar-refractivity contribution >= 4 is 5.82 Å². The molecule has 0 aliphatic heterocycles. The van der Waals surface area contributed by atoms with Gasteiger partial charge in [0.2, 0.25) is 0 Å². The van der Waals surface area contributed by atoms with Gasteiger partial charge in [-0.1, -0.05) is 12.8 Å². The third-order valence-corrected chi connectivity index (χ3v) is 3.92. The predicted octanol–water partition coefficient (Wildman–Crippen LogP) is 0.957. The smallest absolute Gasteiger partial charge is 0.293 e. The highest BCUT2D eigenvalue weighted by Crippen LogP contribution is 2.29. The van der Waals surface area contributed by atoms with Crippen molar-refractivity contribution < 1.29 is 0 Å². The average molecular weight is 250 g/mol. The lowest BCUT2D eigenvalue weighted by Crippen LogP contribution is -2.33. The largest absolute Gasteiger partial charge is 0.365 e. The summed E-state index contributed by atoms with van der Waals surface area (Å²) in [6.45, 7) is 1.54. The van der Waals surface area contributed by atoms with Crippen molar-refractivity contribution in [2.24, 2.45) is 24.6 Å². The Morgan fingerprint density at radius 3 is 2.89 bits per heavy atom. The van der Waals surface area contributed by atoms with E-state index in [4.69, 9.17) is 5.73 Å². The quantitative estimate of drug-likeness (QED) is 0.834. The van der Waals surface area contributed by atoms with Crippen molar-refractivity contribution in [1.29, 1.82) is 0 Å². The monoisotopic (exact) mass is 250 g/mol. The topological polar surface area (TPSA) is 72.9 Å². The molecule has 5 nitrogen and oxygen atoms in total. The van der Waals surface area contributed by atoms with E-state index in [2.05, 4.69) is 10.3 Å². The van der Waals surface area contributed by atoms with Crippen molar-refractivity contribution in [2.75, 3.05) is 18.4 Å². The molecule has 100 valence electrons. The lowest BCUT2D eigenvalue weighted by Gasteiger charge is -2.30. The van der Waals surface area contributed by atoms with Gasteiger partial charge in [-0.2, -0.15) is 0 Å². The third kappa shape index (κ3) is 2.90. The molecule has 1 aliphatic rings. The molecule has 2 unspecified atom stereocenters. The molecule has 2 rings (SSSR count). The van der Waals surface area contributed by atoms with Crippen LogP contribution in [0.15, 0.2) is 17.2 Å². The van der Waals surface area contributed by atoms with Crippen LogP contribution in [0.2, 0.25) is 0 Å². The number of nitrogens with one attached hydrogen (secondary N) is 1. The molecule has 0 radical (unpaired) electrons. The molecule has 0 bridgehead atoms. The summed E-state index contributed by atoms with van der Waals surface area (Å²) in [5, 5.41) is 3.19. The fourth-order valence-corrected chi connectivity index (χ4v) is 2.71.